The van der Waals surface area contributed by atoms with E-state index in [1.54, 1.807) is 56.8 Å². The Labute approximate surface area is 150 Å². The van der Waals surface area contributed by atoms with Gasteiger partial charge in [-0.15, -0.1) is 0 Å². The second-order valence-corrected chi connectivity index (χ2v) is 5.67. The molecule has 0 saturated carbocycles. The van der Waals surface area contributed by atoms with Crippen LogP contribution in [0.25, 0.3) is 10.9 Å². The molecule has 0 aliphatic carbocycles. The second-order valence-electron chi connectivity index (χ2n) is 5.67. The molecule has 0 saturated heterocycles. The number of hydrogen-bond donors (Lipinski definition) is 3. The van der Waals surface area contributed by atoms with Crippen LogP contribution in [0.3, 0.4) is 0 Å². The SMILES string of the molecule is COc1cc2[nH]cc(C(=O)Nc3cccc(NC(C)=O)c3)c2cc1OC. The van der Waals surface area contributed by atoms with E-state index in [-0.39, 0.29) is 11.8 Å². The minimum atomic E-state index is -0.275. The molecule has 0 unspecified atom stereocenters. The van der Waals surface area contributed by atoms with E-state index in [1.807, 2.05) is 0 Å². The highest BCUT2D eigenvalue weighted by atomic mass is 16.5. The Bertz CT molecular complexity index is 978. The Kier molecular flexibility index (Phi) is 4.79. The first-order valence-corrected chi connectivity index (χ1v) is 7.94. The van der Waals surface area contributed by atoms with E-state index in [1.165, 1.54) is 6.92 Å². The molecule has 0 aliphatic heterocycles. The normalized spacial score (nSPS) is 10.4. The Morgan fingerprint density at radius 1 is 0.962 bits per heavy atom. The van der Waals surface area contributed by atoms with E-state index in [4.69, 9.17) is 9.47 Å². The number of anilines is 2. The number of carbonyl (C=O) groups is 2. The number of hydrogen-bond acceptors (Lipinski definition) is 4. The molecule has 26 heavy (non-hydrogen) atoms. The van der Waals surface area contributed by atoms with Crippen LogP contribution in [-0.4, -0.2) is 31.0 Å². The van der Waals surface area contributed by atoms with Crippen molar-refractivity contribution in [1.29, 1.82) is 0 Å². The summed E-state index contributed by atoms with van der Waals surface area (Å²) in [5.74, 6) is 0.674. The van der Waals surface area contributed by atoms with Gasteiger partial charge in [-0.25, -0.2) is 0 Å². The molecule has 7 nitrogen and oxygen atoms in total. The van der Waals surface area contributed by atoms with E-state index in [0.29, 0.717) is 28.4 Å². The number of ether oxygens (including phenoxy) is 2. The molecule has 0 fully saturated rings. The maximum absolute atomic E-state index is 12.7. The topological polar surface area (TPSA) is 92.5 Å². The number of fused-ring (bicyclic) bond motifs is 1. The maximum Gasteiger partial charge on any atom is 0.257 e. The van der Waals surface area contributed by atoms with Crippen molar-refractivity contribution in [2.24, 2.45) is 0 Å². The minimum Gasteiger partial charge on any atom is -0.493 e. The van der Waals surface area contributed by atoms with Gasteiger partial charge in [0.05, 0.1) is 25.3 Å². The lowest BCUT2D eigenvalue weighted by atomic mass is 10.1. The molecule has 2 amide bonds. The number of rotatable bonds is 5. The van der Waals surface area contributed by atoms with Gasteiger partial charge in [0.15, 0.2) is 11.5 Å². The van der Waals surface area contributed by atoms with E-state index < -0.39 is 0 Å². The molecule has 7 heteroatoms. The zero-order valence-electron chi connectivity index (χ0n) is 14.7. The number of benzene rings is 2. The monoisotopic (exact) mass is 353 g/mol. The number of methoxy groups -OCH3 is 2. The molecule has 0 bridgehead atoms. The van der Waals surface area contributed by atoms with E-state index in [2.05, 4.69) is 15.6 Å². The summed E-state index contributed by atoms with van der Waals surface area (Å²) < 4.78 is 10.6. The van der Waals surface area contributed by atoms with Crippen LogP contribution >= 0.6 is 0 Å². The fourth-order valence-electron chi connectivity index (χ4n) is 2.71. The summed E-state index contributed by atoms with van der Waals surface area (Å²) in [6.45, 7) is 1.43. The lowest BCUT2D eigenvalue weighted by Gasteiger charge is -2.09. The number of amides is 2. The van der Waals surface area contributed by atoms with Crippen LogP contribution in [0.4, 0.5) is 11.4 Å². The fourth-order valence-corrected chi connectivity index (χ4v) is 2.71. The van der Waals surface area contributed by atoms with Gasteiger partial charge in [0.25, 0.3) is 5.91 Å². The average molecular weight is 353 g/mol. The molecular weight excluding hydrogens is 334 g/mol. The van der Waals surface area contributed by atoms with Gasteiger partial charge in [0.2, 0.25) is 5.91 Å². The molecule has 134 valence electrons. The van der Waals surface area contributed by atoms with E-state index in [9.17, 15) is 9.59 Å². The Morgan fingerprint density at radius 2 is 1.62 bits per heavy atom. The zero-order valence-corrected chi connectivity index (χ0v) is 14.7. The summed E-state index contributed by atoms with van der Waals surface area (Å²) in [5.41, 5.74) is 2.43. The van der Waals surface area contributed by atoms with Gasteiger partial charge in [0.1, 0.15) is 0 Å². The summed E-state index contributed by atoms with van der Waals surface area (Å²) in [7, 11) is 3.10. The van der Waals surface area contributed by atoms with Crippen LogP contribution in [0.5, 0.6) is 11.5 Å². The van der Waals surface area contributed by atoms with Crippen LogP contribution in [0.2, 0.25) is 0 Å². The lowest BCUT2D eigenvalue weighted by Crippen LogP contribution is -2.12. The summed E-state index contributed by atoms with van der Waals surface area (Å²) >= 11 is 0. The van der Waals surface area contributed by atoms with Crippen molar-refractivity contribution in [3.8, 4) is 11.5 Å². The quantitative estimate of drug-likeness (QED) is 0.655. The van der Waals surface area contributed by atoms with Crippen LogP contribution in [0.15, 0.2) is 42.6 Å². The first-order valence-electron chi connectivity index (χ1n) is 7.94. The fraction of sp³-hybridized carbons (Fsp3) is 0.158. The highest BCUT2D eigenvalue weighted by molar-refractivity contribution is 6.13. The number of aromatic nitrogens is 1. The standard InChI is InChI=1S/C19H19N3O4/c1-11(23)21-12-5-4-6-13(7-12)22-19(24)15-10-20-16-9-18(26-3)17(25-2)8-14(15)16/h4-10,20H,1-3H3,(H,21,23)(H,22,24). The molecule has 0 atom stereocenters. The van der Waals surface area contributed by atoms with Crippen molar-refractivity contribution in [3.63, 3.8) is 0 Å². The zero-order chi connectivity index (χ0) is 18.7. The highest BCUT2D eigenvalue weighted by Crippen LogP contribution is 2.33. The summed E-state index contributed by atoms with van der Waals surface area (Å²) in [5, 5.41) is 6.24. The molecule has 1 aromatic heterocycles. The molecule has 3 aromatic rings. The smallest absolute Gasteiger partial charge is 0.257 e. The largest absolute Gasteiger partial charge is 0.493 e. The van der Waals surface area contributed by atoms with Gasteiger partial charge in [0, 0.05) is 35.9 Å². The average Bonchev–Trinajstić information content (AvgIpc) is 3.03. The third kappa shape index (κ3) is 3.46. The third-order valence-electron chi connectivity index (χ3n) is 3.87. The van der Waals surface area contributed by atoms with Gasteiger partial charge in [-0.2, -0.15) is 0 Å². The summed E-state index contributed by atoms with van der Waals surface area (Å²) in [4.78, 5) is 26.9. The molecule has 3 rings (SSSR count). The predicted molar refractivity (Wildman–Crippen MR) is 100 cm³/mol. The van der Waals surface area contributed by atoms with Crippen molar-refractivity contribution >= 4 is 34.1 Å². The maximum atomic E-state index is 12.7. The first kappa shape index (κ1) is 17.3. The highest BCUT2D eigenvalue weighted by Gasteiger charge is 2.16. The third-order valence-corrected chi connectivity index (χ3v) is 3.87. The molecule has 2 aromatic carbocycles. The van der Waals surface area contributed by atoms with Crippen molar-refractivity contribution in [3.05, 3.63) is 48.2 Å². The Hall–Kier alpha value is -3.48. The minimum absolute atomic E-state index is 0.175. The molecule has 0 radical (unpaired) electrons. The summed E-state index contributed by atoms with van der Waals surface area (Å²) in [6.07, 6.45) is 1.64. The van der Waals surface area contributed by atoms with Crippen molar-refractivity contribution in [2.45, 2.75) is 6.92 Å². The van der Waals surface area contributed by atoms with Gasteiger partial charge in [-0.3, -0.25) is 9.59 Å². The van der Waals surface area contributed by atoms with Gasteiger partial charge in [-0.05, 0) is 24.3 Å². The van der Waals surface area contributed by atoms with Crippen LogP contribution < -0.4 is 20.1 Å². The van der Waals surface area contributed by atoms with Gasteiger partial charge in [-0.1, -0.05) is 6.07 Å². The second kappa shape index (κ2) is 7.18. The first-order chi connectivity index (χ1) is 12.5. The molecule has 1 heterocycles. The summed E-state index contributed by atoms with van der Waals surface area (Å²) in [6, 6.07) is 10.5. The van der Waals surface area contributed by atoms with Crippen LogP contribution in [0, 0.1) is 0 Å². The molecular formula is C19H19N3O4. The van der Waals surface area contributed by atoms with Gasteiger partial charge < -0.3 is 25.1 Å². The lowest BCUT2D eigenvalue weighted by molar-refractivity contribution is -0.114. The van der Waals surface area contributed by atoms with Gasteiger partial charge >= 0.3 is 0 Å². The molecule has 0 spiro atoms. The number of aromatic amines is 1. The Balaban J connectivity index is 1.89. The van der Waals surface area contributed by atoms with Crippen LogP contribution in [-0.2, 0) is 4.79 Å². The number of H-pyrrole nitrogens is 1. The molecule has 0 aliphatic rings. The van der Waals surface area contributed by atoms with Crippen LogP contribution in [0.1, 0.15) is 17.3 Å². The van der Waals surface area contributed by atoms with E-state index in [0.717, 1.165) is 10.9 Å². The Morgan fingerprint density at radius 3 is 2.27 bits per heavy atom. The number of nitrogens with one attached hydrogen (secondary N) is 3. The number of carbonyl (C=O) groups excluding carboxylic acids is 2. The van der Waals surface area contributed by atoms with E-state index >= 15 is 0 Å². The van der Waals surface area contributed by atoms with Crippen molar-refractivity contribution in [1.82, 2.24) is 4.98 Å². The molecule has 3 N–H and O–H groups in total. The predicted octanol–water partition coefficient (Wildman–Crippen LogP) is 3.40. The van der Waals surface area contributed by atoms with Crippen molar-refractivity contribution in [2.75, 3.05) is 24.9 Å². The van der Waals surface area contributed by atoms with Crippen molar-refractivity contribution < 1.29 is 19.1 Å².